The number of benzene rings is 2. The molecule has 2 heterocycles. The summed E-state index contributed by atoms with van der Waals surface area (Å²) in [5, 5.41) is 10.0. The number of hydrogen-bond donors (Lipinski definition) is 4. The van der Waals surface area contributed by atoms with E-state index in [0.717, 1.165) is 31.5 Å². The highest BCUT2D eigenvalue weighted by atomic mass is 19.1. The summed E-state index contributed by atoms with van der Waals surface area (Å²) in [5.41, 5.74) is 9.69. The van der Waals surface area contributed by atoms with E-state index in [2.05, 4.69) is 38.0 Å². The summed E-state index contributed by atoms with van der Waals surface area (Å²) in [7, 11) is 1.44. The van der Waals surface area contributed by atoms with Gasteiger partial charge in [0.1, 0.15) is 0 Å². The molecule has 0 amide bonds. The number of methoxy groups -OCH3 is 1. The summed E-state index contributed by atoms with van der Waals surface area (Å²) < 4.78 is 19.3. The van der Waals surface area contributed by atoms with Gasteiger partial charge in [-0.15, -0.1) is 0 Å². The van der Waals surface area contributed by atoms with E-state index in [1.807, 2.05) is 12.1 Å². The van der Waals surface area contributed by atoms with Gasteiger partial charge in [-0.3, -0.25) is 5.73 Å². The molecule has 9 heteroatoms. The van der Waals surface area contributed by atoms with Gasteiger partial charge in [0.2, 0.25) is 11.9 Å². The smallest absolute Gasteiger partial charge is 0.271 e. The highest BCUT2D eigenvalue weighted by Gasteiger charge is 2.40. The maximum atomic E-state index is 14.3. The normalized spacial score (nSPS) is 22.7. The summed E-state index contributed by atoms with van der Waals surface area (Å²) >= 11 is 0. The van der Waals surface area contributed by atoms with E-state index in [9.17, 15) is 4.39 Å². The minimum atomic E-state index is -1.24. The first-order chi connectivity index (χ1) is 16.5. The molecule has 1 fully saturated rings. The lowest BCUT2D eigenvalue weighted by Gasteiger charge is -2.40. The quantitative estimate of drug-likeness (QED) is 0.516. The second-order valence-electron chi connectivity index (χ2n) is 9.08. The third-order valence-electron chi connectivity index (χ3n) is 6.70. The molecule has 0 aromatic heterocycles. The Balaban J connectivity index is 1.45. The van der Waals surface area contributed by atoms with Crippen LogP contribution in [0.3, 0.4) is 0 Å². The van der Waals surface area contributed by atoms with E-state index in [1.165, 1.54) is 44.4 Å². The van der Waals surface area contributed by atoms with Gasteiger partial charge < -0.3 is 25.6 Å². The van der Waals surface area contributed by atoms with Crippen LogP contribution in [-0.4, -0.2) is 37.5 Å². The van der Waals surface area contributed by atoms with Gasteiger partial charge in [-0.05, 0) is 43.0 Å². The largest absolute Gasteiger partial charge is 0.494 e. The van der Waals surface area contributed by atoms with Crippen molar-refractivity contribution in [2.45, 2.75) is 56.9 Å². The Morgan fingerprint density at radius 2 is 1.94 bits per heavy atom. The topological polar surface area (TPSA) is 99.3 Å². The van der Waals surface area contributed by atoms with Gasteiger partial charge in [-0.2, -0.15) is 9.98 Å². The molecule has 180 valence electrons. The lowest BCUT2D eigenvalue weighted by molar-refractivity contribution is 0.378. The Labute approximate surface area is 199 Å². The molecular formula is C25H32FN7O. The number of ether oxygens (including phenoxy) is 1. The first kappa shape index (κ1) is 22.5. The summed E-state index contributed by atoms with van der Waals surface area (Å²) in [6.45, 7) is 0.730. The highest BCUT2D eigenvalue weighted by Crippen LogP contribution is 2.32. The number of para-hydroxylation sites is 1. The first-order valence-electron chi connectivity index (χ1n) is 12.0. The first-order valence-corrected chi connectivity index (χ1v) is 12.0. The number of aliphatic imine (C=N–C) groups is 2. The zero-order chi connectivity index (χ0) is 23.5. The number of nitrogens with two attached hydrogens (primary N) is 1. The van der Waals surface area contributed by atoms with Crippen molar-refractivity contribution in [1.29, 1.82) is 0 Å². The van der Waals surface area contributed by atoms with Gasteiger partial charge in [-0.25, -0.2) is 4.39 Å². The Morgan fingerprint density at radius 3 is 2.71 bits per heavy atom. The number of fused-ring (bicyclic) bond motifs is 1. The number of nitrogens with one attached hydrogen (secondary N) is 3. The van der Waals surface area contributed by atoms with Gasteiger partial charge in [-0.1, -0.05) is 43.9 Å². The van der Waals surface area contributed by atoms with Gasteiger partial charge in [0, 0.05) is 30.0 Å². The predicted octanol–water partition coefficient (Wildman–Crippen LogP) is 3.51. The van der Waals surface area contributed by atoms with Crippen LogP contribution in [0.1, 0.15) is 44.1 Å². The number of nitrogens with zero attached hydrogens (tertiary/aromatic N) is 3. The molecule has 1 aliphatic carbocycles. The van der Waals surface area contributed by atoms with Crippen molar-refractivity contribution in [3.8, 4) is 5.75 Å². The zero-order valence-electron chi connectivity index (χ0n) is 19.5. The standard InChI is InChI=1S/C25H32FN7O/c1-34-22-13-12-19(16-20(22)26)29-24-30-23(28-18-9-4-2-3-5-10-18)31-25(27,32-24)33-15-14-17-8-6-7-11-21(17)33/h6-8,11-13,16,18H,2-5,9-10,14-15,27H2,1H3,(H3,28,29,30,31,32). The lowest BCUT2D eigenvalue weighted by Crippen LogP contribution is -2.70. The molecule has 0 spiro atoms. The predicted molar refractivity (Wildman–Crippen MR) is 134 cm³/mol. The molecule has 0 bridgehead atoms. The van der Waals surface area contributed by atoms with Crippen LogP contribution in [0.15, 0.2) is 52.4 Å². The van der Waals surface area contributed by atoms with E-state index < -0.39 is 11.7 Å². The van der Waals surface area contributed by atoms with Crippen molar-refractivity contribution in [2.75, 3.05) is 23.9 Å². The molecule has 2 aliphatic heterocycles. The fourth-order valence-electron chi connectivity index (χ4n) is 4.96. The van der Waals surface area contributed by atoms with E-state index in [0.29, 0.717) is 23.6 Å². The average molecular weight is 466 g/mol. The van der Waals surface area contributed by atoms with Crippen LogP contribution < -0.4 is 31.3 Å². The Morgan fingerprint density at radius 1 is 1.15 bits per heavy atom. The monoisotopic (exact) mass is 465 g/mol. The number of halogens is 1. The fourth-order valence-corrected chi connectivity index (χ4v) is 4.96. The van der Waals surface area contributed by atoms with Crippen molar-refractivity contribution in [1.82, 2.24) is 10.6 Å². The van der Waals surface area contributed by atoms with E-state index in [1.54, 1.807) is 12.1 Å². The maximum absolute atomic E-state index is 14.3. The molecule has 2 aromatic rings. The van der Waals surface area contributed by atoms with Crippen molar-refractivity contribution in [3.63, 3.8) is 0 Å². The van der Waals surface area contributed by atoms with Crippen LogP contribution in [0, 0.1) is 5.82 Å². The van der Waals surface area contributed by atoms with Crippen LogP contribution in [0.4, 0.5) is 15.8 Å². The van der Waals surface area contributed by atoms with Crippen LogP contribution in [-0.2, 0) is 6.42 Å². The van der Waals surface area contributed by atoms with Crippen LogP contribution in [0.25, 0.3) is 0 Å². The lowest BCUT2D eigenvalue weighted by atomic mass is 10.1. The van der Waals surface area contributed by atoms with E-state index >= 15 is 0 Å². The number of rotatable bonds is 4. The van der Waals surface area contributed by atoms with E-state index in [-0.39, 0.29) is 5.75 Å². The third-order valence-corrected chi connectivity index (χ3v) is 6.70. The molecular weight excluding hydrogens is 433 g/mol. The molecule has 2 aromatic carbocycles. The third kappa shape index (κ3) is 4.65. The minimum Gasteiger partial charge on any atom is -0.494 e. The molecule has 5 N–H and O–H groups in total. The molecule has 1 unspecified atom stereocenters. The summed E-state index contributed by atoms with van der Waals surface area (Å²) in [6, 6.07) is 13.2. The summed E-state index contributed by atoms with van der Waals surface area (Å²) in [6.07, 6.45) is 8.00. The van der Waals surface area contributed by atoms with Crippen LogP contribution >= 0.6 is 0 Å². The van der Waals surface area contributed by atoms with Gasteiger partial charge in [0.05, 0.1) is 7.11 Å². The van der Waals surface area contributed by atoms with Crippen molar-refractivity contribution in [3.05, 3.63) is 53.8 Å². The van der Waals surface area contributed by atoms with Crippen molar-refractivity contribution < 1.29 is 9.13 Å². The van der Waals surface area contributed by atoms with Gasteiger partial charge in [0.25, 0.3) is 5.91 Å². The molecule has 34 heavy (non-hydrogen) atoms. The molecule has 1 saturated carbocycles. The van der Waals surface area contributed by atoms with Crippen LogP contribution in [0.5, 0.6) is 5.75 Å². The number of hydrogen-bond acceptors (Lipinski definition) is 8. The van der Waals surface area contributed by atoms with E-state index in [4.69, 9.17) is 15.5 Å². The maximum Gasteiger partial charge on any atom is 0.271 e. The number of anilines is 2. The fraction of sp³-hybridized carbons (Fsp3) is 0.440. The van der Waals surface area contributed by atoms with Crippen molar-refractivity contribution >= 4 is 23.3 Å². The van der Waals surface area contributed by atoms with Gasteiger partial charge >= 0.3 is 0 Å². The molecule has 1 atom stereocenters. The molecule has 8 nitrogen and oxygen atoms in total. The Bertz CT molecular complexity index is 1100. The SMILES string of the molecule is COc1ccc(NC2=NC(N)(N3CCc4ccccc43)NC(NC3CCCCCC3)=N2)cc1F. The molecule has 3 aliphatic rings. The van der Waals surface area contributed by atoms with Crippen molar-refractivity contribution in [2.24, 2.45) is 15.7 Å². The molecule has 5 rings (SSSR count). The molecule has 0 radical (unpaired) electrons. The zero-order valence-corrected chi connectivity index (χ0v) is 19.5. The molecule has 0 saturated heterocycles. The Kier molecular flexibility index (Phi) is 6.28. The summed E-state index contributed by atoms with van der Waals surface area (Å²) in [5.74, 6) is -0.639. The second-order valence-corrected chi connectivity index (χ2v) is 9.08. The minimum absolute atomic E-state index is 0.180. The van der Waals surface area contributed by atoms with Gasteiger partial charge in [0.15, 0.2) is 11.6 Å². The Hall–Kier alpha value is -3.33. The summed E-state index contributed by atoms with van der Waals surface area (Å²) in [4.78, 5) is 11.5. The second kappa shape index (κ2) is 9.50. The van der Waals surface area contributed by atoms with Crippen LogP contribution in [0.2, 0.25) is 0 Å². The average Bonchev–Trinajstić information content (AvgIpc) is 3.10. The number of guanidine groups is 2. The highest BCUT2D eigenvalue weighted by molar-refractivity contribution is 6.04.